The number of hydrogen-bond acceptors (Lipinski definition) is 6. The molecule has 1 aliphatic heterocycles. The fraction of sp³-hybridized carbons (Fsp3) is 0.524. The van der Waals surface area contributed by atoms with Gasteiger partial charge < -0.3 is 24.2 Å². The number of ketones is 1. The van der Waals surface area contributed by atoms with Crippen LogP contribution in [0.3, 0.4) is 0 Å². The topological polar surface area (TPSA) is 85.3 Å². The molecule has 0 radical (unpaired) electrons. The van der Waals surface area contributed by atoms with Crippen LogP contribution in [0.1, 0.15) is 39.3 Å². The van der Waals surface area contributed by atoms with E-state index in [-0.39, 0.29) is 24.5 Å². The number of hydrogen-bond donors (Lipinski definition) is 1. The number of aliphatic hydroxyl groups is 1. The van der Waals surface area contributed by atoms with Gasteiger partial charge in [-0.15, -0.1) is 0 Å². The van der Waals surface area contributed by atoms with Gasteiger partial charge in [0.1, 0.15) is 0 Å². The molecule has 28 heavy (non-hydrogen) atoms. The minimum Gasteiger partial charge on any atom is -0.503 e. The molecule has 0 bridgehead atoms. The van der Waals surface area contributed by atoms with Crippen molar-refractivity contribution in [1.29, 1.82) is 0 Å². The number of aliphatic hydroxyl groups excluding tert-OH is 1. The quantitative estimate of drug-likeness (QED) is 0.733. The Morgan fingerprint density at radius 3 is 2.43 bits per heavy atom. The van der Waals surface area contributed by atoms with Crippen molar-refractivity contribution < 1.29 is 28.9 Å². The lowest BCUT2D eigenvalue weighted by Gasteiger charge is -2.29. The Bertz CT molecular complexity index is 778. The summed E-state index contributed by atoms with van der Waals surface area (Å²) in [5, 5.41) is 10.5. The van der Waals surface area contributed by atoms with Crippen molar-refractivity contribution in [2.45, 2.75) is 33.7 Å². The lowest BCUT2D eigenvalue weighted by molar-refractivity contribution is -0.130. The Labute approximate surface area is 165 Å². The molecule has 0 aliphatic carbocycles. The van der Waals surface area contributed by atoms with Crippen LogP contribution in [0.15, 0.2) is 29.5 Å². The van der Waals surface area contributed by atoms with Gasteiger partial charge in [0.25, 0.3) is 5.91 Å². The van der Waals surface area contributed by atoms with E-state index in [1.165, 1.54) is 19.1 Å². The zero-order valence-corrected chi connectivity index (χ0v) is 17.4. The summed E-state index contributed by atoms with van der Waals surface area (Å²) in [4.78, 5) is 27.2. The normalized spacial score (nSPS) is 17.3. The van der Waals surface area contributed by atoms with E-state index in [2.05, 4.69) is 0 Å². The number of rotatable bonds is 8. The number of carbonyl (C=O) groups excluding carboxylic acids is 2. The Hall–Kier alpha value is -2.54. The van der Waals surface area contributed by atoms with Crippen molar-refractivity contribution in [1.82, 2.24) is 4.90 Å². The molecule has 7 heteroatoms. The van der Waals surface area contributed by atoms with Gasteiger partial charge in [0.15, 0.2) is 23.0 Å². The van der Waals surface area contributed by atoms with Crippen LogP contribution in [0.4, 0.5) is 0 Å². The maximum atomic E-state index is 13.1. The number of amides is 1. The summed E-state index contributed by atoms with van der Waals surface area (Å²) in [7, 11) is 3.06. The van der Waals surface area contributed by atoms with Crippen LogP contribution < -0.4 is 9.47 Å². The van der Waals surface area contributed by atoms with Gasteiger partial charge in [-0.1, -0.05) is 26.8 Å². The predicted octanol–water partition coefficient (Wildman–Crippen LogP) is 3.05. The highest BCUT2D eigenvalue weighted by Crippen LogP contribution is 2.42. The molecule has 1 atom stereocenters. The molecule has 0 spiro atoms. The van der Waals surface area contributed by atoms with Crippen molar-refractivity contribution in [3.05, 3.63) is 35.1 Å². The van der Waals surface area contributed by atoms with E-state index in [1.54, 1.807) is 39.0 Å². The van der Waals surface area contributed by atoms with Crippen LogP contribution in [-0.2, 0) is 14.3 Å². The molecule has 1 aromatic rings. The second-order valence-electron chi connectivity index (χ2n) is 7.58. The van der Waals surface area contributed by atoms with E-state index < -0.39 is 23.1 Å². The molecule has 2 rings (SSSR count). The summed E-state index contributed by atoms with van der Waals surface area (Å²) in [5.41, 5.74) is -0.00437. The summed E-state index contributed by atoms with van der Waals surface area (Å²) >= 11 is 0. The zero-order valence-electron chi connectivity index (χ0n) is 17.4. The number of methoxy groups -OCH3 is 2. The van der Waals surface area contributed by atoms with Gasteiger partial charge >= 0.3 is 0 Å². The number of carbonyl (C=O) groups is 2. The molecular formula is C21H29NO6. The monoisotopic (exact) mass is 391 g/mol. The predicted molar refractivity (Wildman–Crippen MR) is 105 cm³/mol. The first-order chi connectivity index (χ1) is 13.2. The van der Waals surface area contributed by atoms with E-state index in [1.807, 2.05) is 6.92 Å². The second kappa shape index (κ2) is 8.65. The van der Waals surface area contributed by atoms with Gasteiger partial charge in [-0.2, -0.15) is 0 Å². The lowest BCUT2D eigenvalue weighted by Crippen LogP contribution is -2.35. The lowest BCUT2D eigenvalue weighted by atomic mass is 9.82. The third-order valence-electron chi connectivity index (χ3n) is 4.57. The SMILES string of the molecule is CCOc1ccc(C2C(C(=O)C(C)(C)C)=C(O)C(=O)N2CCOC)cc1OC. The fourth-order valence-corrected chi connectivity index (χ4v) is 3.19. The van der Waals surface area contributed by atoms with Gasteiger partial charge in [-0.3, -0.25) is 9.59 Å². The average molecular weight is 391 g/mol. The molecule has 1 heterocycles. The maximum Gasteiger partial charge on any atom is 0.290 e. The molecule has 0 fully saturated rings. The summed E-state index contributed by atoms with van der Waals surface area (Å²) < 4.78 is 16.1. The zero-order chi connectivity index (χ0) is 21.1. The van der Waals surface area contributed by atoms with Crippen molar-refractivity contribution in [2.75, 3.05) is 34.0 Å². The summed E-state index contributed by atoms with van der Waals surface area (Å²) in [6.45, 7) is 8.14. The Morgan fingerprint density at radius 2 is 1.89 bits per heavy atom. The van der Waals surface area contributed by atoms with Crippen LogP contribution in [0, 0.1) is 5.41 Å². The van der Waals surface area contributed by atoms with Gasteiger partial charge in [0.05, 0.1) is 31.9 Å². The van der Waals surface area contributed by atoms with Crippen molar-refractivity contribution in [2.24, 2.45) is 5.41 Å². The summed E-state index contributed by atoms with van der Waals surface area (Å²) in [6, 6.07) is 4.53. The molecule has 0 saturated heterocycles. The van der Waals surface area contributed by atoms with Gasteiger partial charge in [0.2, 0.25) is 0 Å². The largest absolute Gasteiger partial charge is 0.503 e. The van der Waals surface area contributed by atoms with Crippen LogP contribution >= 0.6 is 0 Å². The van der Waals surface area contributed by atoms with E-state index in [9.17, 15) is 14.7 Å². The Morgan fingerprint density at radius 1 is 1.21 bits per heavy atom. The van der Waals surface area contributed by atoms with E-state index >= 15 is 0 Å². The Balaban J connectivity index is 2.59. The number of nitrogens with zero attached hydrogens (tertiary/aromatic N) is 1. The number of ether oxygens (including phenoxy) is 3. The van der Waals surface area contributed by atoms with Gasteiger partial charge in [-0.25, -0.2) is 0 Å². The number of benzene rings is 1. The molecular weight excluding hydrogens is 362 g/mol. The molecule has 1 aliphatic rings. The van der Waals surface area contributed by atoms with Crippen LogP contribution in [-0.4, -0.2) is 55.7 Å². The van der Waals surface area contributed by atoms with Crippen LogP contribution in [0.25, 0.3) is 0 Å². The molecule has 1 aromatic carbocycles. The summed E-state index contributed by atoms with van der Waals surface area (Å²) in [5.74, 6) is -0.307. The molecule has 7 nitrogen and oxygen atoms in total. The minimum atomic E-state index is -0.755. The van der Waals surface area contributed by atoms with Crippen LogP contribution in [0.5, 0.6) is 11.5 Å². The second-order valence-corrected chi connectivity index (χ2v) is 7.58. The smallest absolute Gasteiger partial charge is 0.290 e. The number of Topliss-reactive ketones (excluding diaryl/α,β-unsaturated/α-hetero) is 1. The maximum absolute atomic E-state index is 13.1. The molecule has 1 amide bonds. The first kappa shape index (κ1) is 21.8. The molecule has 1 N–H and O–H groups in total. The third-order valence-corrected chi connectivity index (χ3v) is 4.57. The van der Waals surface area contributed by atoms with Crippen molar-refractivity contribution >= 4 is 11.7 Å². The standard InChI is InChI=1S/C21H29NO6/c1-7-28-14-9-8-13(12-15(14)27-6)17-16(19(24)21(2,3)4)18(23)20(25)22(17)10-11-26-5/h8-9,12,17,23H,7,10-11H2,1-6H3. The Kier molecular flexibility index (Phi) is 6.72. The third kappa shape index (κ3) is 4.14. The highest BCUT2D eigenvalue weighted by Gasteiger charge is 2.45. The van der Waals surface area contributed by atoms with Crippen molar-refractivity contribution in [3.8, 4) is 11.5 Å². The van der Waals surface area contributed by atoms with E-state index in [4.69, 9.17) is 14.2 Å². The molecule has 0 aromatic heterocycles. The highest BCUT2D eigenvalue weighted by atomic mass is 16.5. The molecule has 1 unspecified atom stereocenters. The molecule has 154 valence electrons. The summed E-state index contributed by atoms with van der Waals surface area (Å²) in [6.07, 6.45) is 0. The first-order valence-electron chi connectivity index (χ1n) is 9.25. The fourth-order valence-electron chi connectivity index (χ4n) is 3.19. The highest BCUT2D eigenvalue weighted by molar-refractivity contribution is 6.10. The first-order valence-corrected chi connectivity index (χ1v) is 9.25. The minimum absolute atomic E-state index is 0.0971. The van der Waals surface area contributed by atoms with E-state index in [0.29, 0.717) is 23.7 Å². The van der Waals surface area contributed by atoms with Crippen LogP contribution in [0.2, 0.25) is 0 Å². The molecule has 0 saturated carbocycles. The van der Waals surface area contributed by atoms with Gasteiger partial charge in [0, 0.05) is 19.1 Å². The average Bonchev–Trinajstić information content (AvgIpc) is 2.90. The van der Waals surface area contributed by atoms with Gasteiger partial charge in [-0.05, 0) is 24.6 Å². The van der Waals surface area contributed by atoms with Crippen molar-refractivity contribution in [3.63, 3.8) is 0 Å². The van der Waals surface area contributed by atoms with E-state index in [0.717, 1.165) is 0 Å².